The number of phenolic OH excluding ortho intramolecular Hbond substituents is 1. The molecule has 1 amide bonds. The lowest BCUT2D eigenvalue weighted by Gasteiger charge is -2.10. The molecule has 0 atom stereocenters. The monoisotopic (exact) mass is 299 g/mol. The van der Waals surface area contributed by atoms with Crippen molar-refractivity contribution in [1.82, 2.24) is 0 Å². The summed E-state index contributed by atoms with van der Waals surface area (Å²) in [6.07, 6.45) is 0. The molecule has 0 unspecified atom stereocenters. The van der Waals surface area contributed by atoms with E-state index in [1.54, 1.807) is 24.3 Å². The Labute approximate surface area is 124 Å². The van der Waals surface area contributed by atoms with Crippen LogP contribution in [-0.2, 0) is 0 Å². The summed E-state index contributed by atoms with van der Waals surface area (Å²) in [4.78, 5) is 12.2. The summed E-state index contributed by atoms with van der Waals surface area (Å²) in [5.41, 5.74) is -0.596. The molecule has 0 spiro atoms. The molecule has 3 aromatic carbocycles. The molecule has 5 heteroatoms. The fourth-order valence-electron chi connectivity index (χ4n) is 2.21. The van der Waals surface area contributed by atoms with Gasteiger partial charge in [-0.15, -0.1) is 0 Å². The molecule has 0 aliphatic heterocycles. The molecule has 0 aliphatic rings. The van der Waals surface area contributed by atoms with Gasteiger partial charge in [-0.25, -0.2) is 8.78 Å². The number of aromatic hydroxyl groups is 1. The minimum Gasteiger partial charge on any atom is -0.507 e. The SMILES string of the molecule is O=C(Nc1c(F)cccc1F)c1cc2ccccc2cc1O. The highest BCUT2D eigenvalue weighted by atomic mass is 19.1. The highest BCUT2D eigenvalue weighted by molar-refractivity contribution is 6.08. The van der Waals surface area contributed by atoms with E-state index in [1.165, 1.54) is 18.2 Å². The summed E-state index contributed by atoms with van der Waals surface area (Å²) < 4.78 is 27.1. The smallest absolute Gasteiger partial charge is 0.259 e. The second kappa shape index (κ2) is 5.44. The number of phenols is 1. The Morgan fingerprint density at radius 1 is 0.909 bits per heavy atom. The number of fused-ring (bicyclic) bond motifs is 1. The van der Waals surface area contributed by atoms with Crippen molar-refractivity contribution in [2.75, 3.05) is 5.32 Å². The average molecular weight is 299 g/mol. The van der Waals surface area contributed by atoms with E-state index in [0.29, 0.717) is 0 Å². The quantitative estimate of drug-likeness (QED) is 0.749. The molecule has 110 valence electrons. The summed E-state index contributed by atoms with van der Waals surface area (Å²) in [7, 11) is 0. The lowest BCUT2D eigenvalue weighted by atomic mass is 10.1. The van der Waals surface area contributed by atoms with Gasteiger partial charge in [0, 0.05) is 0 Å². The van der Waals surface area contributed by atoms with E-state index in [1.807, 2.05) is 0 Å². The van der Waals surface area contributed by atoms with Gasteiger partial charge in [0.05, 0.1) is 5.56 Å². The van der Waals surface area contributed by atoms with Crippen LogP contribution in [0.1, 0.15) is 10.4 Å². The number of hydrogen-bond acceptors (Lipinski definition) is 2. The van der Waals surface area contributed by atoms with Gasteiger partial charge in [-0.2, -0.15) is 0 Å². The van der Waals surface area contributed by atoms with Gasteiger partial charge in [-0.05, 0) is 35.0 Å². The molecular formula is C17H11F2NO2. The maximum Gasteiger partial charge on any atom is 0.259 e. The summed E-state index contributed by atoms with van der Waals surface area (Å²) in [6, 6.07) is 13.3. The van der Waals surface area contributed by atoms with Crippen molar-refractivity contribution in [2.24, 2.45) is 0 Å². The zero-order valence-electron chi connectivity index (χ0n) is 11.3. The Morgan fingerprint density at radius 2 is 1.50 bits per heavy atom. The third kappa shape index (κ3) is 2.48. The first-order valence-electron chi connectivity index (χ1n) is 6.53. The van der Waals surface area contributed by atoms with E-state index in [-0.39, 0.29) is 11.3 Å². The number of hydrogen-bond donors (Lipinski definition) is 2. The van der Waals surface area contributed by atoms with Crippen LogP contribution >= 0.6 is 0 Å². The number of benzene rings is 3. The number of rotatable bonds is 2. The second-order valence-corrected chi connectivity index (χ2v) is 4.77. The van der Waals surface area contributed by atoms with E-state index < -0.39 is 23.2 Å². The van der Waals surface area contributed by atoms with Crippen molar-refractivity contribution in [3.8, 4) is 5.75 Å². The molecule has 0 saturated carbocycles. The first kappa shape index (κ1) is 14.0. The first-order chi connectivity index (χ1) is 10.6. The van der Waals surface area contributed by atoms with E-state index in [4.69, 9.17) is 0 Å². The van der Waals surface area contributed by atoms with Gasteiger partial charge in [0.15, 0.2) is 0 Å². The molecule has 3 nitrogen and oxygen atoms in total. The van der Waals surface area contributed by atoms with Gasteiger partial charge in [-0.1, -0.05) is 30.3 Å². The second-order valence-electron chi connectivity index (χ2n) is 4.77. The molecule has 0 radical (unpaired) electrons. The number of nitrogens with one attached hydrogen (secondary N) is 1. The van der Waals surface area contributed by atoms with Crippen molar-refractivity contribution < 1.29 is 18.7 Å². The Kier molecular flexibility index (Phi) is 3.47. The molecule has 3 rings (SSSR count). The lowest BCUT2D eigenvalue weighted by molar-refractivity contribution is 0.102. The molecule has 0 saturated heterocycles. The average Bonchev–Trinajstić information content (AvgIpc) is 2.50. The normalized spacial score (nSPS) is 10.6. The van der Waals surface area contributed by atoms with Crippen LogP contribution in [0.3, 0.4) is 0 Å². The maximum absolute atomic E-state index is 13.6. The van der Waals surface area contributed by atoms with Gasteiger partial charge >= 0.3 is 0 Å². The summed E-state index contributed by atoms with van der Waals surface area (Å²) in [5.74, 6) is -2.80. The van der Waals surface area contributed by atoms with Crippen LogP contribution < -0.4 is 5.32 Å². The van der Waals surface area contributed by atoms with Crippen LogP contribution in [0.5, 0.6) is 5.75 Å². The largest absolute Gasteiger partial charge is 0.507 e. The first-order valence-corrected chi connectivity index (χ1v) is 6.53. The van der Waals surface area contributed by atoms with Gasteiger partial charge in [0.25, 0.3) is 5.91 Å². The molecule has 0 heterocycles. The summed E-state index contributed by atoms with van der Waals surface area (Å²) in [6.45, 7) is 0. The lowest BCUT2D eigenvalue weighted by Crippen LogP contribution is -2.14. The van der Waals surface area contributed by atoms with Crippen LogP contribution in [0.15, 0.2) is 54.6 Å². The molecule has 22 heavy (non-hydrogen) atoms. The third-order valence-electron chi connectivity index (χ3n) is 3.31. The maximum atomic E-state index is 13.6. The van der Waals surface area contributed by atoms with Crippen molar-refractivity contribution in [3.05, 3.63) is 71.8 Å². The fraction of sp³-hybridized carbons (Fsp3) is 0. The van der Waals surface area contributed by atoms with Crippen LogP contribution in [0.2, 0.25) is 0 Å². The van der Waals surface area contributed by atoms with Crippen molar-refractivity contribution in [3.63, 3.8) is 0 Å². The van der Waals surface area contributed by atoms with Gasteiger partial charge in [-0.3, -0.25) is 4.79 Å². The topological polar surface area (TPSA) is 49.3 Å². The van der Waals surface area contributed by atoms with Crippen molar-refractivity contribution in [1.29, 1.82) is 0 Å². The van der Waals surface area contributed by atoms with Gasteiger partial charge in [0.1, 0.15) is 23.1 Å². The van der Waals surface area contributed by atoms with E-state index in [0.717, 1.165) is 22.9 Å². The summed E-state index contributed by atoms with van der Waals surface area (Å²) in [5, 5.41) is 13.6. The van der Waals surface area contributed by atoms with Gasteiger partial charge < -0.3 is 10.4 Å². The van der Waals surface area contributed by atoms with E-state index in [2.05, 4.69) is 5.32 Å². The molecule has 0 aliphatic carbocycles. The van der Waals surface area contributed by atoms with Gasteiger partial charge in [0.2, 0.25) is 0 Å². The predicted molar refractivity (Wildman–Crippen MR) is 79.9 cm³/mol. The zero-order valence-corrected chi connectivity index (χ0v) is 11.3. The molecule has 2 N–H and O–H groups in total. The third-order valence-corrected chi connectivity index (χ3v) is 3.31. The highest BCUT2D eigenvalue weighted by Crippen LogP contribution is 2.26. The predicted octanol–water partition coefficient (Wildman–Crippen LogP) is 4.08. The molecule has 0 fully saturated rings. The number of carbonyl (C=O) groups is 1. The standard InChI is InChI=1S/C17H11F2NO2/c18-13-6-3-7-14(19)16(13)20-17(22)12-8-10-4-1-2-5-11(10)9-15(12)21/h1-9,21H,(H,20,22). The Bertz CT molecular complexity index is 857. The summed E-state index contributed by atoms with van der Waals surface area (Å²) >= 11 is 0. The minimum absolute atomic E-state index is 0.0543. The Balaban J connectivity index is 2.00. The van der Waals surface area contributed by atoms with E-state index >= 15 is 0 Å². The highest BCUT2D eigenvalue weighted by Gasteiger charge is 2.16. The van der Waals surface area contributed by atoms with Crippen LogP contribution in [-0.4, -0.2) is 11.0 Å². The number of halogens is 2. The Hall–Kier alpha value is -2.95. The number of amides is 1. The zero-order chi connectivity index (χ0) is 15.7. The van der Waals surface area contributed by atoms with Crippen LogP contribution in [0.25, 0.3) is 10.8 Å². The fourth-order valence-corrected chi connectivity index (χ4v) is 2.21. The number of carbonyl (C=O) groups excluding carboxylic acids is 1. The number of anilines is 1. The molecule has 0 aromatic heterocycles. The van der Waals surface area contributed by atoms with Crippen LogP contribution in [0, 0.1) is 11.6 Å². The van der Waals surface area contributed by atoms with Crippen LogP contribution in [0.4, 0.5) is 14.5 Å². The number of para-hydroxylation sites is 1. The van der Waals surface area contributed by atoms with Crippen molar-refractivity contribution >= 4 is 22.4 Å². The van der Waals surface area contributed by atoms with E-state index in [9.17, 15) is 18.7 Å². The molecule has 0 bridgehead atoms. The minimum atomic E-state index is -0.881. The van der Waals surface area contributed by atoms with Crippen molar-refractivity contribution in [2.45, 2.75) is 0 Å². The molecular weight excluding hydrogens is 288 g/mol. The Morgan fingerprint density at radius 3 is 2.14 bits per heavy atom. The molecule has 3 aromatic rings.